The molecule has 0 atom stereocenters. The van der Waals surface area contributed by atoms with Gasteiger partial charge in [0.05, 0.1) is 27.5 Å². The average molecular weight is 370 g/mol. The molecule has 136 valence electrons. The quantitative estimate of drug-likeness (QED) is 0.657. The molecule has 1 heterocycles. The second kappa shape index (κ2) is 6.10. The molecule has 1 aromatic heterocycles. The Kier molecular flexibility index (Phi) is 4.60. The van der Waals surface area contributed by atoms with Gasteiger partial charge in [-0.25, -0.2) is 8.42 Å². The maximum atomic E-state index is 13.7. The molecule has 10 heteroatoms. The molecule has 0 fully saturated rings. The van der Waals surface area contributed by atoms with E-state index in [9.17, 15) is 22.9 Å². The molecule has 1 aromatic carbocycles. The molecule has 2 aromatic rings. The summed E-state index contributed by atoms with van der Waals surface area (Å²) in [4.78, 5) is 9.76. The number of nitrogens with one attached hydrogen (secondary N) is 1. The van der Waals surface area contributed by atoms with E-state index in [1.165, 1.54) is 0 Å². The van der Waals surface area contributed by atoms with Crippen LogP contribution < -0.4 is 4.72 Å². The van der Waals surface area contributed by atoms with Gasteiger partial charge in [-0.3, -0.25) is 19.5 Å². The summed E-state index contributed by atoms with van der Waals surface area (Å²) in [6, 6.07) is 2.82. The van der Waals surface area contributed by atoms with Gasteiger partial charge in [-0.05, 0) is 40.7 Å². The van der Waals surface area contributed by atoms with E-state index >= 15 is 0 Å². The Labute approximate surface area is 144 Å². The lowest BCUT2D eigenvalue weighted by atomic mass is 10.1. The number of nitro benzene ring substituents is 1. The first-order chi connectivity index (χ1) is 11.3. The molecule has 0 aliphatic rings. The third-order valence-electron chi connectivity index (χ3n) is 3.53. The first-order valence-corrected chi connectivity index (χ1v) is 8.86. The van der Waals surface area contributed by atoms with Crippen molar-refractivity contribution in [2.45, 2.75) is 45.1 Å². The van der Waals surface area contributed by atoms with Gasteiger partial charge in [-0.1, -0.05) is 0 Å². The van der Waals surface area contributed by atoms with Crippen LogP contribution in [0.3, 0.4) is 0 Å². The van der Waals surface area contributed by atoms with Crippen LogP contribution in [0.5, 0.6) is 0 Å². The maximum Gasteiger partial charge on any atom is 0.304 e. The number of aryl methyl sites for hydroxylation is 1. The molecule has 0 aliphatic heterocycles. The fourth-order valence-electron chi connectivity index (χ4n) is 2.60. The van der Waals surface area contributed by atoms with Crippen molar-refractivity contribution in [3.63, 3.8) is 0 Å². The van der Waals surface area contributed by atoms with Crippen LogP contribution in [0.25, 0.3) is 0 Å². The number of anilines is 1. The Hall–Kier alpha value is -2.49. The summed E-state index contributed by atoms with van der Waals surface area (Å²) < 4.78 is 42.9. The minimum Gasteiger partial charge on any atom is -0.279 e. The predicted octanol–water partition coefficient (Wildman–Crippen LogP) is 3.10. The molecule has 0 bridgehead atoms. The number of hydrogen-bond donors (Lipinski definition) is 1. The Morgan fingerprint density at radius 1 is 1.28 bits per heavy atom. The summed E-state index contributed by atoms with van der Waals surface area (Å²) in [5.41, 5.74) is -0.495. The van der Waals surface area contributed by atoms with Gasteiger partial charge in [0.2, 0.25) is 5.82 Å². The number of nitro groups is 1. The molecule has 0 aliphatic carbocycles. The van der Waals surface area contributed by atoms with E-state index < -0.39 is 32.0 Å². The molecular weight excluding hydrogens is 351 g/mol. The SMILES string of the molecule is Cc1nn(C(C)(C)C)c(C)c1S(=O)(=O)Nc1ccc([N+](=O)[O-])c(F)c1. The Bertz CT molecular complexity index is 945. The second-order valence-corrected chi connectivity index (χ2v) is 8.23. The molecule has 0 radical (unpaired) electrons. The van der Waals surface area contributed by atoms with E-state index in [1.807, 2.05) is 20.8 Å². The van der Waals surface area contributed by atoms with Crippen LogP contribution in [0.4, 0.5) is 15.8 Å². The van der Waals surface area contributed by atoms with E-state index in [4.69, 9.17) is 0 Å². The number of aromatic nitrogens is 2. The van der Waals surface area contributed by atoms with Crippen molar-refractivity contribution in [1.82, 2.24) is 9.78 Å². The topological polar surface area (TPSA) is 107 Å². The molecule has 0 amide bonds. The van der Waals surface area contributed by atoms with E-state index in [0.717, 1.165) is 18.2 Å². The highest BCUT2D eigenvalue weighted by Crippen LogP contribution is 2.28. The predicted molar refractivity (Wildman–Crippen MR) is 90.6 cm³/mol. The van der Waals surface area contributed by atoms with E-state index in [1.54, 1.807) is 18.5 Å². The largest absolute Gasteiger partial charge is 0.304 e. The smallest absolute Gasteiger partial charge is 0.279 e. The van der Waals surface area contributed by atoms with E-state index in [-0.39, 0.29) is 10.6 Å². The zero-order valence-electron chi connectivity index (χ0n) is 14.5. The fraction of sp³-hybridized carbons (Fsp3) is 0.400. The van der Waals surface area contributed by atoms with Crippen LogP contribution in [0.1, 0.15) is 32.2 Å². The molecule has 8 nitrogen and oxygen atoms in total. The zero-order valence-corrected chi connectivity index (χ0v) is 15.3. The minimum atomic E-state index is -4.03. The molecule has 2 rings (SSSR count). The Balaban J connectivity index is 2.46. The molecule has 0 saturated heterocycles. The zero-order chi connectivity index (χ0) is 19.2. The third-order valence-corrected chi connectivity index (χ3v) is 5.16. The highest BCUT2D eigenvalue weighted by Gasteiger charge is 2.29. The first kappa shape index (κ1) is 18.8. The van der Waals surface area contributed by atoms with Crippen molar-refractivity contribution >= 4 is 21.4 Å². The first-order valence-electron chi connectivity index (χ1n) is 7.38. The van der Waals surface area contributed by atoms with E-state index in [2.05, 4.69) is 9.82 Å². The van der Waals surface area contributed by atoms with Gasteiger partial charge >= 0.3 is 5.69 Å². The van der Waals surface area contributed by atoms with Crippen molar-refractivity contribution in [1.29, 1.82) is 0 Å². The number of benzene rings is 1. The highest BCUT2D eigenvalue weighted by atomic mass is 32.2. The highest BCUT2D eigenvalue weighted by molar-refractivity contribution is 7.92. The molecular formula is C15H19FN4O4S. The van der Waals surface area contributed by atoms with Gasteiger partial charge in [0, 0.05) is 12.1 Å². The summed E-state index contributed by atoms with van der Waals surface area (Å²) >= 11 is 0. The number of hydrogen-bond acceptors (Lipinski definition) is 5. The van der Waals surface area contributed by atoms with Crippen molar-refractivity contribution in [3.8, 4) is 0 Å². The summed E-state index contributed by atoms with van der Waals surface area (Å²) in [5, 5.41) is 14.9. The summed E-state index contributed by atoms with van der Waals surface area (Å²) in [6.45, 7) is 8.88. The summed E-state index contributed by atoms with van der Waals surface area (Å²) in [5.74, 6) is -1.12. The van der Waals surface area contributed by atoms with Crippen molar-refractivity contribution < 1.29 is 17.7 Å². The number of rotatable bonds is 4. The van der Waals surface area contributed by atoms with Crippen molar-refractivity contribution in [2.75, 3.05) is 4.72 Å². The van der Waals surface area contributed by atoms with Crippen molar-refractivity contribution in [2.24, 2.45) is 0 Å². The average Bonchev–Trinajstić information content (AvgIpc) is 2.73. The molecule has 1 N–H and O–H groups in total. The van der Waals surface area contributed by atoms with Crippen LogP contribution >= 0.6 is 0 Å². The standard InChI is InChI=1S/C15H19FN4O4S/c1-9-14(10(2)19(17-9)15(3,4)5)25(23,24)18-11-6-7-13(20(21)22)12(16)8-11/h6-8,18H,1-5H3. The van der Waals surface area contributed by atoms with E-state index in [0.29, 0.717) is 11.4 Å². The lowest BCUT2D eigenvalue weighted by molar-refractivity contribution is -0.387. The molecule has 0 unspecified atom stereocenters. The van der Waals surface area contributed by atoms with Crippen molar-refractivity contribution in [3.05, 3.63) is 45.5 Å². The number of halogens is 1. The second-order valence-electron chi connectivity index (χ2n) is 6.61. The van der Waals surface area contributed by atoms with Crippen LogP contribution in [0.15, 0.2) is 23.1 Å². The van der Waals surface area contributed by atoms with Gasteiger partial charge in [-0.15, -0.1) is 0 Å². The maximum absolute atomic E-state index is 13.7. The van der Waals surface area contributed by atoms with Gasteiger partial charge in [-0.2, -0.15) is 9.49 Å². The number of nitrogens with zero attached hydrogens (tertiary/aromatic N) is 3. The number of sulfonamides is 1. The summed E-state index contributed by atoms with van der Waals surface area (Å²) in [7, 11) is -4.03. The van der Waals surface area contributed by atoms with Gasteiger partial charge in [0.25, 0.3) is 10.0 Å². The van der Waals surface area contributed by atoms with Crippen LogP contribution in [0.2, 0.25) is 0 Å². The summed E-state index contributed by atoms with van der Waals surface area (Å²) in [6.07, 6.45) is 0. The Morgan fingerprint density at radius 3 is 2.32 bits per heavy atom. The molecule has 0 saturated carbocycles. The molecule has 0 spiro atoms. The van der Waals surface area contributed by atoms with Crippen LogP contribution in [-0.2, 0) is 15.6 Å². The van der Waals surface area contributed by atoms with Crippen LogP contribution in [0, 0.1) is 29.8 Å². The Morgan fingerprint density at radius 2 is 1.88 bits per heavy atom. The normalized spacial score (nSPS) is 12.2. The van der Waals surface area contributed by atoms with Gasteiger partial charge < -0.3 is 0 Å². The third kappa shape index (κ3) is 3.63. The lowest BCUT2D eigenvalue weighted by Crippen LogP contribution is -2.25. The fourth-order valence-corrected chi connectivity index (χ4v) is 4.04. The monoisotopic (exact) mass is 370 g/mol. The molecule has 25 heavy (non-hydrogen) atoms. The van der Waals surface area contributed by atoms with Gasteiger partial charge in [0.1, 0.15) is 4.90 Å². The lowest BCUT2D eigenvalue weighted by Gasteiger charge is -2.21. The van der Waals surface area contributed by atoms with Gasteiger partial charge in [0.15, 0.2) is 0 Å². The van der Waals surface area contributed by atoms with Crippen LogP contribution in [-0.4, -0.2) is 23.1 Å². The minimum absolute atomic E-state index is 0.00110.